The zero-order chi connectivity index (χ0) is 19.1. The van der Waals surface area contributed by atoms with Gasteiger partial charge in [0.1, 0.15) is 17.2 Å². The summed E-state index contributed by atoms with van der Waals surface area (Å²) in [7, 11) is 1.54. The summed E-state index contributed by atoms with van der Waals surface area (Å²) in [6.07, 6.45) is 1.50. The van der Waals surface area contributed by atoms with Gasteiger partial charge in [-0.2, -0.15) is 0 Å². The number of nitrogens with zero attached hydrogens (tertiary/aromatic N) is 1. The molecule has 1 aromatic heterocycles. The van der Waals surface area contributed by atoms with Gasteiger partial charge in [-0.25, -0.2) is 4.79 Å². The van der Waals surface area contributed by atoms with E-state index in [0.717, 1.165) is 0 Å². The van der Waals surface area contributed by atoms with Gasteiger partial charge in [0.25, 0.3) is 5.91 Å². The van der Waals surface area contributed by atoms with E-state index in [1.807, 2.05) is 18.2 Å². The third-order valence-electron chi connectivity index (χ3n) is 3.57. The van der Waals surface area contributed by atoms with Crippen LogP contribution in [-0.4, -0.2) is 24.0 Å². The lowest BCUT2D eigenvalue weighted by Crippen LogP contribution is -2.19. The molecule has 0 saturated carbocycles. The van der Waals surface area contributed by atoms with E-state index in [1.54, 1.807) is 48.5 Å². The zero-order valence-electron chi connectivity index (χ0n) is 14.6. The summed E-state index contributed by atoms with van der Waals surface area (Å²) in [6, 6.07) is 18.9. The van der Waals surface area contributed by atoms with Crippen molar-refractivity contribution in [3.8, 4) is 11.5 Å². The maximum absolute atomic E-state index is 12.0. The Labute approximate surface area is 156 Å². The molecule has 7 nitrogen and oxygen atoms in total. The molecule has 0 aliphatic rings. The fraction of sp³-hybridized carbons (Fsp3) is 0.0500. The van der Waals surface area contributed by atoms with E-state index >= 15 is 0 Å². The van der Waals surface area contributed by atoms with E-state index < -0.39 is 0 Å². The average Bonchev–Trinajstić information content (AvgIpc) is 2.70. The highest BCUT2D eigenvalue weighted by Gasteiger charge is 2.07. The number of ether oxygens (including phenoxy) is 1. The molecule has 3 amide bonds. The molecule has 0 unspecified atom stereocenters. The van der Waals surface area contributed by atoms with Crippen LogP contribution < -0.4 is 20.7 Å². The summed E-state index contributed by atoms with van der Waals surface area (Å²) in [6.45, 7) is 0. The number of para-hydroxylation sites is 1. The highest BCUT2D eigenvalue weighted by molar-refractivity contribution is 5.99. The van der Waals surface area contributed by atoms with Gasteiger partial charge >= 0.3 is 6.03 Å². The number of hydrogen-bond donors (Lipinski definition) is 3. The molecule has 0 radical (unpaired) electrons. The minimum Gasteiger partial charge on any atom is -0.457 e. The predicted octanol–water partition coefficient (Wildman–Crippen LogP) is 3.88. The van der Waals surface area contributed by atoms with Gasteiger partial charge in [0.15, 0.2) is 0 Å². The van der Waals surface area contributed by atoms with Crippen LogP contribution in [0.5, 0.6) is 11.5 Å². The van der Waals surface area contributed by atoms with Crippen LogP contribution in [0, 0.1) is 0 Å². The van der Waals surface area contributed by atoms with E-state index in [-0.39, 0.29) is 17.6 Å². The van der Waals surface area contributed by atoms with E-state index in [2.05, 4.69) is 20.9 Å². The maximum Gasteiger partial charge on any atom is 0.323 e. The van der Waals surface area contributed by atoms with Gasteiger partial charge in [-0.3, -0.25) is 9.78 Å². The summed E-state index contributed by atoms with van der Waals surface area (Å²) in [5.41, 5.74) is 1.60. The van der Waals surface area contributed by atoms with E-state index in [4.69, 9.17) is 4.74 Å². The second-order valence-electron chi connectivity index (χ2n) is 5.53. The highest BCUT2D eigenvalue weighted by Crippen LogP contribution is 2.23. The number of carbonyl (C=O) groups excluding carboxylic acids is 2. The van der Waals surface area contributed by atoms with Gasteiger partial charge in [0.2, 0.25) is 0 Å². The first-order valence-electron chi connectivity index (χ1n) is 8.23. The van der Waals surface area contributed by atoms with Gasteiger partial charge in [0.05, 0.1) is 0 Å². The van der Waals surface area contributed by atoms with Gasteiger partial charge in [-0.1, -0.05) is 18.2 Å². The Morgan fingerprint density at radius 3 is 2.19 bits per heavy atom. The van der Waals surface area contributed by atoms with Crippen molar-refractivity contribution in [2.24, 2.45) is 0 Å². The molecule has 0 spiro atoms. The monoisotopic (exact) mass is 362 g/mol. The number of urea groups is 1. The lowest BCUT2D eigenvalue weighted by molar-refractivity contribution is 0.0958. The molecule has 3 N–H and O–H groups in total. The third-order valence-corrected chi connectivity index (χ3v) is 3.57. The SMILES string of the molecule is CNC(=O)c1cc(Oc2ccc(NC(=O)Nc3ccccc3)cc2)ccn1. The first kappa shape index (κ1) is 17.9. The predicted molar refractivity (Wildman–Crippen MR) is 103 cm³/mol. The molecule has 0 fully saturated rings. The van der Waals surface area contributed by atoms with Gasteiger partial charge in [0, 0.05) is 30.7 Å². The van der Waals surface area contributed by atoms with Gasteiger partial charge in [-0.15, -0.1) is 0 Å². The van der Waals surface area contributed by atoms with E-state index in [1.165, 1.54) is 13.2 Å². The van der Waals surface area contributed by atoms with Crippen LogP contribution in [0.1, 0.15) is 10.5 Å². The zero-order valence-corrected chi connectivity index (χ0v) is 14.6. The summed E-state index contributed by atoms with van der Waals surface area (Å²) in [4.78, 5) is 27.6. The van der Waals surface area contributed by atoms with Crippen LogP contribution in [0.25, 0.3) is 0 Å². The van der Waals surface area contributed by atoms with Crippen molar-refractivity contribution in [2.45, 2.75) is 0 Å². The van der Waals surface area contributed by atoms with Crippen LogP contribution in [0.3, 0.4) is 0 Å². The molecule has 1 heterocycles. The summed E-state index contributed by atoms with van der Waals surface area (Å²) >= 11 is 0. The second kappa shape index (κ2) is 8.48. The minimum atomic E-state index is -0.334. The number of amides is 3. The lowest BCUT2D eigenvalue weighted by atomic mass is 10.3. The molecule has 0 atom stereocenters. The third kappa shape index (κ3) is 5.05. The average molecular weight is 362 g/mol. The Balaban J connectivity index is 1.60. The van der Waals surface area contributed by atoms with Gasteiger partial charge in [-0.05, 0) is 42.5 Å². The number of hydrogen-bond acceptors (Lipinski definition) is 4. The Kier molecular flexibility index (Phi) is 5.64. The van der Waals surface area contributed by atoms with Gasteiger partial charge < -0.3 is 20.7 Å². The second-order valence-corrected chi connectivity index (χ2v) is 5.53. The van der Waals surface area contributed by atoms with Crippen LogP contribution in [0.2, 0.25) is 0 Å². The smallest absolute Gasteiger partial charge is 0.323 e. The molecule has 0 saturated heterocycles. The highest BCUT2D eigenvalue weighted by atomic mass is 16.5. The Morgan fingerprint density at radius 2 is 1.52 bits per heavy atom. The van der Waals surface area contributed by atoms with Crippen molar-refractivity contribution in [3.63, 3.8) is 0 Å². The Hall–Kier alpha value is -3.87. The molecule has 3 aromatic rings. The molecular formula is C20H18N4O3. The molecule has 3 rings (SSSR count). The van der Waals surface area contributed by atoms with E-state index in [9.17, 15) is 9.59 Å². The number of aromatic nitrogens is 1. The Morgan fingerprint density at radius 1 is 0.852 bits per heavy atom. The largest absolute Gasteiger partial charge is 0.457 e. The topological polar surface area (TPSA) is 92.4 Å². The number of nitrogens with one attached hydrogen (secondary N) is 3. The summed E-state index contributed by atoms with van der Waals surface area (Å²) in [5, 5.41) is 8.00. The molecule has 0 aliphatic carbocycles. The Bertz CT molecular complexity index is 927. The number of carbonyl (C=O) groups is 2. The maximum atomic E-state index is 12.0. The summed E-state index contributed by atoms with van der Waals surface area (Å²) < 4.78 is 5.72. The lowest BCUT2D eigenvalue weighted by Gasteiger charge is -2.09. The molecular weight excluding hydrogens is 344 g/mol. The standard InChI is InChI=1S/C20H18N4O3/c1-21-19(25)18-13-17(11-12-22-18)27-16-9-7-15(8-10-16)24-20(26)23-14-5-3-2-4-6-14/h2-13H,1H3,(H,21,25)(H2,23,24,26). The number of rotatable bonds is 5. The fourth-order valence-electron chi connectivity index (χ4n) is 2.28. The number of benzene rings is 2. The van der Waals surface area contributed by atoms with Crippen LogP contribution in [0.4, 0.5) is 16.2 Å². The van der Waals surface area contributed by atoms with Crippen molar-refractivity contribution in [2.75, 3.05) is 17.7 Å². The first-order chi connectivity index (χ1) is 13.1. The van der Waals surface area contributed by atoms with Crippen molar-refractivity contribution >= 4 is 23.3 Å². The normalized spacial score (nSPS) is 9.96. The van der Waals surface area contributed by atoms with Crippen LogP contribution in [0.15, 0.2) is 72.9 Å². The molecule has 7 heteroatoms. The molecule has 136 valence electrons. The molecule has 27 heavy (non-hydrogen) atoms. The quantitative estimate of drug-likeness (QED) is 0.642. The van der Waals surface area contributed by atoms with E-state index in [0.29, 0.717) is 22.9 Å². The number of anilines is 2. The minimum absolute atomic E-state index is 0.269. The molecule has 0 aliphatic heterocycles. The van der Waals surface area contributed by atoms with Crippen molar-refractivity contribution in [1.82, 2.24) is 10.3 Å². The van der Waals surface area contributed by atoms with Crippen LogP contribution >= 0.6 is 0 Å². The van der Waals surface area contributed by atoms with Crippen molar-refractivity contribution in [3.05, 3.63) is 78.6 Å². The summed E-state index contributed by atoms with van der Waals surface area (Å²) in [5.74, 6) is 0.772. The molecule has 0 bridgehead atoms. The van der Waals surface area contributed by atoms with Crippen LogP contribution in [-0.2, 0) is 0 Å². The fourth-order valence-corrected chi connectivity index (χ4v) is 2.28. The van der Waals surface area contributed by atoms with Crippen molar-refractivity contribution < 1.29 is 14.3 Å². The first-order valence-corrected chi connectivity index (χ1v) is 8.23. The molecule has 2 aromatic carbocycles. The number of pyridine rings is 1. The van der Waals surface area contributed by atoms with Crippen molar-refractivity contribution in [1.29, 1.82) is 0 Å².